The van der Waals surface area contributed by atoms with Crippen LogP contribution in [0.5, 0.6) is 0 Å². The van der Waals surface area contributed by atoms with Crippen LogP contribution in [0.3, 0.4) is 0 Å². The van der Waals surface area contributed by atoms with Crippen LogP contribution in [0, 0.1) is 58.2 Å². The maximum atomic E-state index is 10.3. The number of hydrogen-bond donors (Lipinski definition) is 1. The van der Waals surface area contributed by atoms with Gasteiger partial charge in [0.15, 0.2) is 0 Å². The van der Waals surface area contributed by atoms with Crippen LogP contribution in [-0.2, 0) is 0 Å². The monoisotopic (exact) mass is 412 g/mol. The van der Waals surface area contributed by atoms with Crippen LogP contribution in [0.25, 0.3) is 0 Å². The zero-order valence-electron chi connectivity index (χ0n) is 20.7. The standard InChI is InChI=1S/C29H48O/c1-17(2)27-19(4)23(27)15-18(3)24-9-10-25-22-8-7-20-16-21(30)11-13-28(20,5)26(22)12-14-29(24,25)6/h17-18,20-22,24-27,30H,7-16H2,1-6H3/t18-,20+,21+,22?,24?,25?,26?,27+,28+,29-/m1/s1. The van der Waals surface area contributed by atoms with Gasteiger partial charge in [0.05, 0.1) is 6.10 Å². The third-order valence-electron chi connectivity index (χ3n) is 11.9. The van der Waals surface area contributed by atoms with Gasteiger partial charge in [0.2, 0.25) is 0 Å². The molecule has 0 bridgehead atoms. The van der Waals surface area contributed by atoms with E-state index in [4.69, 9.17) is 0 Å². The van der Waals surface area contributed by atoms with Crippen molar-refractivity contribution in [3.63, 3.8) is 0 Å². The third kappa shape index (κ3) is 3.11. The topological polar surface area (TPSA) is 20.2 Å². The van der Waals surface area contributed by atoms with Gasteiger partial charge in [-0.3, -0.25) is 0 Å². The summed E-state index contributed by atoms with van der Waals surface area (Å²) in [4.78, 5) is 0. The van der Waals surface area contributed by atoms with Crippen molar-refractivity contribution < 1.29 is 5.11 Å². The summed E-state index contributed by atoms with van der Waals surface area (Å²) in [6, 6.07) is 0. The van der Waals surface area contributed by atoms with Gasteiger partial charge in [-0.2, -0.15) is 0 Å². The van der Waals surface area contributed by atoms with E-state index in [-0.39, 0.29) is 6.10 Å². The van der Waals surface area contributed by atoms with Crippen LogP contribution in [0.1, 0.15) is 106 Å². The van der Waals surface area contributed by atoms with Gasteiger partial charge in [-0.1, -0.05) is 45.8 Å². The molecule has 0 amide bonds. The molecule has 5 aliphatic carbocycles. The SMILES string of the molecule is CC1=C(C[C@@H](C)C2CCC3C4CC[C@H]5C[C@@H](O)CC[C@]5(C)C4CC[C@@]32C)[C@H]1C(C)C. The fraction of sp³-hybridized carbons (Fsp3) is 0.931. The molecular weight excluding hydrogens is 364 g/mol. The fourth-order valence-electron chi connectivity index (χ4n) is 10.3. The Balaban J connectivity index is 1.31. The van der Waals surface area contributed by atoms with Gasteiger partial charge in [-0.05, 0) is 123 Å². The molecular formula is C29H48O. The number of hydrogen-bond acceptors (Lipinski definition) is 1. The molecule has 0 aromatic heterocycles. The minimum Gasteiger partial charge on any atom is -0.393 e. The van der Waals surface area contributed by atoms with E-state index in [0.717, 1.165) is 60.2 Å². The Morgan fingerprint density at radius 1 is 0.900 bits per heavy atom. The van der Waals surface area contributed by atoms with Gasteiger partial charge in [0, 0.05) is 5.92 Å². The maximum absolute atomic E-state index is 10.3. The van der Waals surface area contributed by atoms with E-state index in [0.29, 0.717) is 10.8 Å². The Kier molecular flexibility index (Phi) is 5.28. The van der Waals surface area contributed by atoms with Crippen molar-refractivity contribution in [2.75, 3.05) is 0 Å². The van der Waals surface area contributed by atoms with E-state index in [2.05, 4.69) is 41.5 Å². The molecule has 4 fully saturated rings. The first-order valence-electron chi connectivity index (χ1n) is 13.5. The van der Waals surface area contributed by atoms with Crippen LogP contribution >= 0.6 is 0 Å². The number of allylic oxidation sites excluding steroid dienone is 2. The molecule has 4 saturated carbocycles. The molecule has 0 aliphatic heterocycles. The molecule has 0 spiro atoms. The summed E-state index contributed by atoms with van der Waals surface area (Å²) in [5.74, 6) is 7.13. The van der Waals surface area contributed by atoms with Crippen LogP contribution < -0.4 is 0 Å². The molecule has 0 saturated heterocycles. The Morgan fingerprint density at radius 3 is 2.30 bits per heavy atom. The van der Waals surface area contributed by atoms with Gasteiger partial charge in [-0.15, -0.1) is 0 Å². The highest BCUT2D eigenvalue weighted by Crippen LogP contribution is 2.68. The molecule has 1 heteroatoms. The molecule has 4 unspecified atom stereocenters. The van der Waals surface area contributed by atoms with E-state index in [9.17, 15) is 5.11 Å². The van der Waals surface area contributed by atoms with Gasteiger partial charge >= 0.3 is 0 Å². The maximum Gasteiger partial charge on any atom is 0.0543 e. The van der Waals surface area contributed by atoms with Gasteiger partial charge in [0.1, 0.15) is 0 Å². The lowest BCUT2D eigenvalue weighted by Gasteiger charge is -2.61. The first-order valence-corrected chi connectivity index (χ1v) is 13.5. The number of aliphatic hydroxyl groups is 1. The summed E-state index contributed by atoms with van der Waals surface area (Å²) in [7, 11) is 0. The van der Waals surface area contributed by atoms with Crippen molar-refractivity contribution in [1.82, 2.24) is 0 Å². The molecule has 5 rings (SSSR count). The number of rotatable bonds is 4. The van der Waals surface area contributed by atoms with E-state index in [1.807, 2.05) is 5.57 Å². The van der Waals surface area contributed by atoms with E-state index >= 15 is 0 Å². The van der Waals surface area contributed by atoms with Crippen LogP contribution in [0.15, 0.2) is 11.1 Å². The van der Waals surface area contributed by atoms with Crippen LogP contribution in [0.2, 0.25) is 0 Å². The molecule has 0 radical (unpaired) electrons. The van der Waals surface area contributed by atoms with Crippen molar-refractivity contribution in [3.05, 3.63) is 11.1 Å². The number of aliphatic hydroxyl groups excluding tert-OH is 1. The lowest BCUT2D eigenvalue weighted by atomic mass is 9.44. The van der Waals surface area contributed by atoms with Crippen molar-refractivity contribution in [3.8, 4) is 0 Å². The molecule has 5 aliphatic rings. The molecule has 170 valence electrons. The molecule has 1 N–H and O–H groups in total. The predicted molar refractivity (Wildman–Crippen MR) is 126 cm³/mol. The molecule has 30 heavy (non-hydrogen) atoms. The quantitative estimate of drug-likeness (QED) is 0.470. The molecule has 1 nitrogen and oxygen atoms in total. The lowest BCUT2D eigenvalue weighted by Crippen LogP contribution is -2.54. The van der Waals surface area contributed by atoms with Crippen molar-refractivity contribution in [2.45, 2.75) is 112 Å². The summed E-state index contributed by atoms with van der Waals surface area (Å²) < 4.78 is 0. The van der Waals surface area contributed by atoms with Gasteiger partial charge in [-0.25, -0.2) is 0 Å². The lowest BCUT2D eigenvalue weighted by molar-refractivity contribution is -0.129. The van der Waals surface area contributed by atoms with E-state index in [1.165, 1.54) is 51.4 Å². The Labute approximate surface area is 186 Å². The minimum atomic E-state index is -0.0138. The summed E-state index contributed by atoms with van der Waals surface area (Å²) in [6.45, 7) is 15.2. The summed E-state index contributed by atoms with van der Waals surface area (Å²) in [5.41, 5.74) is 4.67. The van der Waals surface area contributed by atoms with Crippen molar-refractivity contribution >= 4 is 0 Å². The number of fused-ring (bicyclic) bond motifs is 5. The average molecular weight is 413 g/mol. The Hall–Kier alpha value is -0.300. The predicted octanol–water partition coefficient (Wildman–Crippen LogP) is 7.63. The highest BCUT2D eigenvalue weighted by atomic mass is 16.3. The van der Waals surface area contributed by atoms with Gasteiger partial charge < -0.3 is 5.11 Å². The molecule has 0 heterocycles. The Bertz CT molecular complexity index is 705. The van der Waals surface area contributed by atoms with Crippen LogP contribution in [0.4, 0.5) is 0 Å². The second-order valence-corrected chi connectivity index (χ2v) is 13.4. The summed E-state index contributed by atoms with van der Waals surface area (Å²) in [6.07, 6.45) is 13.6. The Morgan fingerprint density at radius 2 is 1.60 bits per heavy atom. The first kappa shape index (κ1) is 21.5. The molecule has 10 atom stereocenters. The second kappa shape index (κ2) is 7.36. The zero-order valence-corrected chi connectivity index (χ0v) is 20.7. The smallest absolute Gasteiger partial charge is 0.0543 e. The highest BCUT2D eigenvalue weighted by molar-refractivity contribution is 5.40. The first-order chi connectivity index (χ1) is 14.2. The minimum absolute atomic E-state index is 0.0138. The van der Waals surface area contributed by atoms with Crippen molar-refractivity contribution in [2.24, 2.45) is 58.2 Å². The highest BCUT2D eigenvalue weighted by Gasteiger charge is 2.60. The second-order valence-electron chi connectivity index (χ2n) is 13.4. The third-order valence-corrected chi connectivity index (χ3v) is 11.9. The average Bonchev–Trinajstić information content (AvgIpc) is 3.17. The fourth-order valence-corrected chi connectivity index (χ4v) is 10.3. The van der Waals surface area contributed by atoms with Gasteiger partial charge in [0.25, 0.3) is 0 Å². The summed E-state index contributed by atoms with van der Waals surface area (Å²) >= 11 is 0. The molecule has 0 aromatic carbocycles. The zero-order chi connectivity index (χ0) is 21.4. The van der Waals surface area contributed by atoms with E-state index in [1.54, 1.807) is 5.57 Å². The van der Waals surface area contributed by atoms with Crippen molar-refractivity contribution in [1.29, 1.82) is 0 Å². The summed E-state index contributed by atoms with van der Waals surface area (Å²) in [5, 5.41) is 10.3. The molecule has 0 aromatic rings. The normalized spacial score (nSPS) is 51.4. The van der Waals surface area contributed by atoms with E-state index < -0.39 is 0 Å². The van der Waals surface area contributed by atoms with Crippen LogP contribution in [-0.4, -0.2) is 11.2 Å². The largest absolute Gasteiger partial charge is 0.393 e.